The summed E-state index contributed by atoms with van der Waals surface area (Å²) in [5.41, 5.74) is 5.71. The van der Waals surface area contributed by atoms with Crippen LogP contribution in [0.2, 0.25) is 0 Å². The Morgan fingerprint density at radius 1 is 0.900 bits per heavy atom. The summed E-state index contributed by atoms with van der Waals surface area (Å²) in [6, 6.07) is 24.6. The van der Waals surface area contributed by atoms with E-state index in [4.69, 9.17) is 18.9 Å². The topological polar surface area (TPSA) is 76.0 Å². The van der Waals surface area contributed by atoms with Crippen LogP contribution in [-0.2, 0) is 36.8 Å². The van der Waals surface area contributed by atoms with Crippen molar-refractivity contribution in [1.29, 1.82) is 0 Å². The van der Waals surface area contributed by atoms with Gasteiger partial charge >= 0.3 is 11.9 Å². The van der Waals surface area contributed by atoms with Crippen molar-refractivity contribution >= 4 is 22.8 Å². The van der Waals surface area contributed by atoms with Gasteiger partial charge in [-0.25, -0.2) is 0 Å². The van der Waals surface area contributed by atoms with E-state index in [2.05, 4.69) is 54.1 Å². The van der Waals surface area contributed by atoms with E-state index in [1.54, 1.807) is 0 Å². The number of carbonyl (C=O) groups excluding carboxylic acids is 2. The van der Waals surface area contributed by atoms with Gasteiger partial charge in [0.2, 0.25) is 0 Å². The first kappa shape index (κ1) is 27.5. The fourth-order valence-corrected chi connectivity index (χ4v) is 5.40. The SMILES string of the molecule is CC(=O)OCC1CC(OC(C)=O)CC(n2cc(Cc3ccc(OCc4ccccc4)cc3)c3c(C)cccc32)O1. The molecule has 7 heteroatoms. The molecule has 0 saturated carbocycles. The monoisotopic (exact) mass is 541 g/mol. The molecule has 1 aromatic heterocycles. The van der Waals surface area contributed by atoms with Crippen LogP contribution in [0.25, 0.3) is 10.9 Å². The molecule has 0 aliphatic carbocycles. The van der Waals surface area contributed by atoms with Gasteiger partial charge in [-0.05, 0) is 53.8 Å². The number of ether oxygens (including phenoxy) is 4. The molecule has 3 atom stereocenters. The maximum absolute atomic E-state index is 11.8. The number of rotatable bonds is 9. The lowest BCUT2D eigenvalue weighted by Crippen LogP contribution is -2.38. The number of hydrogen-bond acceptors (Lipinski definition) is 6. The van der Waals surface area contributed by atoms with Crippen LogP contribution in [0.4, 0.5) is 0 Å². The number of nitrogens with zero attached hydrogens (tertiary/aromatic N) is 1. The first-order valence-electron chi connectivity index (χ1n) is 13.7. The van der Waals surface area contributed by atoms with Crippen LogP contribution in [0.3, 0.4) is 0 Å². The molecule has 3 unspecified atom stereocenters. The Labute approximate surface area is 234 Å². The summed E-state index contributed by atoms with van der Waals surface area (Å²) in [6.07, 6.45) is 2.80. The first-order chi connectivity index (χ1) is 19.4. The Morgan fingerprint density at radius 3 is 2.40 bits per heavy atom. The largest absolute Gasteiger partial charge is 0.489 e. The molecule has 3 aromatic carbocycles. The van der Waals surface area contributed by atoms with E-state index < -0.39 is 0 Å². The van der Waals surface area contributed by atoms with Gasteiger partial charge in [0.1, 0.15) is 31.3 Å². The van der Waals surface area contributed by atoms with Crippen LogP contribution in [0.15, 0.2) is 79.0 Å². The molecule has 0 bridgehead atoms. The van der Waals surface area contributed by atoms with Crippen molar-refractivity contribution in [2.75, 3.05) is 6.61 Å². The summed E-state index contributed by atoms with van der Waals surface area (Å²) < 4.78 is 25.3. The van der Waals surface area contributed by atoms with Gasteiger partial charge < -0.3 is 23.5 Å². The van der Waals surface area contributed by atoms with Gasteiger partial charge in [0.25, 0.3) is 0 Å². The lowest BCUT2D eigenvalue weighted by Gasteiger charge is -2.35. The summed E-state index contributed by atoms with van der Waals surface area (Å²) in [5.74, 6) is 0.134. The number of hydrogen-bond donors (Lipinski definition) is 0. The first-order valence-corrected chi connectivity index (χ1v) is 13.7. The molecule has 1 aliphatic heterocycles. The number of fused-ring (bicyclic) bond motifs is 1. The predicted molar refractivity (Wildman–Crippen MR) is 152 cm³/mol. The lowest BCUT2D eigenvalue weighted by molar-refractivity contribution is -0.178. The minimum atomic E-state index is -0.374. The summed E-state index contributed by atoms with van der Waals surface area (Å²) in [6.45, 7) is 5.55. The molecule has 4 aromatic rings. The van der Waals surface area contributed by atoms with E-state index in [0.29, 0.717) is 19.4 Å². The number of benzene rings is 3. The van der Waals surface area contributed by atoms with Crippen molar-refractivity contribution in [1.82, 2.24) is 4.57 Å². The van der Waals surface area contributed by atoms with Gasteiger partial charge in [0.05, 0.1) is 11.6 Å². The van der Waals surface area contributed by atoms with E-state index in [1.165, 1.54) is 35.9 Å². The quantitative estimate of drug-likeness (QED) is 0.232. The highest BCUT2D eigenvalue weighted by Gasteiger charge is 2.34. The van der Waals surface area contributed by atoms with Crippen LogP contribution in [0.1, 0.15) is 55.2 Å². The fraction of sp³-hybridized carbons (Fsp3) is 0.333. The van der Waals surface area contributed by atoms with Gasteiger partial charge in [-0.1, -0.05) is 54.6 Å². The summed E-state index contributed by atoms with van der Waals surface area (Å²) in [4.78, 5) is 23.2. The normalized spacial score (nSPS) is 18.8. The molecular weight excluding hydrogens is 506 g/mol. The summed E-state index contributed by atoms with van der Waals surface area (Å²) >= 11 is 0. The molecule has 5 rings (SSSR count). The smallest absolute Gasteiger partial charge is 0.302 e. The van der Waals surface area contributed by atoms with Crippen molar-refractivity contribution in [3.63, 3.8) is 0 Å². The van der Waals surface area contributed by atoms with Crippen LogP contribution >= 0.6 is 0 Å². The second-order valence-electron chi connectivity index (χ2n) is 10.3. The predicted octanol–water partition coefficient (Wildman–Crippen LogP) is 6.29. The highest BCUT2D eigenvalue weighted by Crippen LogP contribution is 2.36. The minimum Gasteiger partial charge on any atom is -0.489 e. The standard InChI is InChI=1S/C33H35NO6/c1-22-8-7-11-31-33(22)27(16-25-12-14-28(15-13-25)38-20-26-9-5-4-6-10-26)19-34(31)32-18-29(39-24(3)36)17-30(40-32)21-37-23(2)35/h4-15,19,29-30,32H,16-18,20-21H2,1-3H3. The summed E-state index contributed by atoms with van der Waals surface area (Å²) in [5, 5.41) is 1.18. The highest BCUT2D eigenvalue weighted by molar-refractivity contribution is 5.87. The fourth-order valence-electron chi connectivity index (χ4n) is 5.40. The maximum Gasteiger partial charge on any atom is 0.302 e. The van der Waals surface area contributed by atoms with Crippen LogP contribution < -0.4 is 4.74 Å². The van der Waals surface area contributed by atoms with E-state index in [9.17, 15) is 9.59 Å². The van der Waals surface area contributed by atoms with Gasteiger partial charge in [-0.3, -0.25) is 9.59 Å². The molecule has 1 aliphatic rings. The molecular formula is C33H35NO6. The molecule has 208 valence electrons. The maximum atomic E-state index is 11.8. The van der Waals surface area contributed by atoms with E-state index >= 15 is 0 Å². The number of esters is 2. The molecule has 7 nitrogen and oxygen atoms in total. The number of aromatic nitrogens is 1. The van der Waals surface area contributed by atoms with Gasteiger partial charge in [0.15, 0.2) is 0 Å². The number of aryl methyl sites for hydroxylation is 1. The molecule has 1 fully saturated rings. The highest BCUT2D eigenvalue weighted by atomic mass is 16.6. The third-order valence-electron chi connectivity index (χ3n) is 7.17. The third-order valence-corrected chi connectivity index (χ3v) is 7.17. The average Bonchev–Trinajstić information content (AvgIpc) is 3.31. The molecule has 40 heavy (non-hydrogen) atoms. The van der Waals surface area contributed by atoms with Crippen LogP contribution in [0.5, 0.6) is 5.75 Å². The second-order valence-corrected chi connectivity index (χ2v) is 10.3. The molecule has 2 heterocycles. The molecule has 0 radical (unpaired) electrons. The number of carbonyl (C=O) groups is 2. The zero-order valence-corrected chi connectivity index (χ0v) is 23.2. The Bertz CT molecular complexity index is 1460. The molecule has 0 amide bonds. The van der Waals surface area contributed by atoms with Crippen molar-refractivity contribution in [2.24, 2.45) is 0 Å². The van der Waals surface area contributed by atoms with Crippen molar-refractivity contribution < 1.29 is 28.5 Å². The zero-order chi connectivity index (χ0) is 28.1. The van der Waals surface area contributed by atoms with Crippen molar-refractivity contribution in [3.8, 4) is 5.75 Å². The van der Waals surface area contributed by atoms with Gasteiger partial charge in [-0.15, -0.1) is 0 Å². The molecule has 1 saturated heterocycles. The van der Waals surface area contributed by atoms with Crippen LogP contribution in [-0.4, -0.2) is 35.3 Å². The van der Waals surface area contributed by atoms with E-state index in [0.717, 1.165) is 23.3 Å². The third kappa shape index (κ3) is 6.72. The average molecular weight is 542 g/mol. The van der Waals surface area contributed by atoms with E-state index in [-0.39, 0.29) is 37.0 Å². The Balaban J connectivity index is 1.37. The van der Waals surface area contributed by atoms with Crippen molar-refractivity contribution in [3.05, 3.63) is 101 Å². The lowest BCUT2D eigenvalue weighted by atomic mass is 10.0. The zero-order valence-electron chi connectivity index (χ0n) is 23.2. The molecule has 0 spiro atoms. The second kappa shape index (κ2) is 12.4. The van der Waals surface area contributed by atoms with Gasteiger partial charge in [0, 0.05) is 38.3 Å². The molecule has 0 N–H and O–H groups in total. The van der Waals surface area contributed by atoms with Gasteiger partial charge in [-0.2, -0.15) is 0 Å². The van der Waals surface area contributed by atoms with Crippen molar-refractivity contribution in [2.45, 2.75) is 65.1 Å². The Hall–Kier alpha value is -4.10. The summed E-state index contributed by atoms with van der Waals surface area (Å²) in [7, 11) is 0. The minimum absolute atomic E-state index is 0.118. The Morgan fingerprint density at radius 2 is 1.68 bits per heavy atom. The Kier molecular flexibility index (Phi) is 8.51. The van der Waals surface area contributed by atoms with E-state index in [1.807, 2.05) is 36.4 Å². The van der Waals surface area contributed by atoms with Crippen LogP contribution in [0, 0.1) is 6.92 Å².